The second-order valence-electron chi connectivity index (χ2n) is 16.8. The molecule has 11 nitrogen and oxygen atoms in total. The number of aromatic amines is 1. The largest absolute Gasteiger partial charge is 0.412 e. The maximum atomic E-state index is 13.2. The van der Waals surface area contributed by atoms with Crippen LogP contribution in [0.15, 0.2) is 11.1 Å². The first-order valence-corrected chi connectivity index (χ1v) is 24.9. The van der Waals surface area contributed by atoms with Crippen molar-refractivity contribution in [1.29, 1.82) is 0 Å². The number of rotatable bonds is 10. The molecule has 3 unspecified atom stereocenters. The Balaban J connectivity index is 2.33. The van der Waals surface area contributed by atoms with Crippen LogP contribution < -0.4 is 10.9 Å². The predicted octanol–water partition coefficient (Wildman–Crippen LogP) is 6.78. The zero-order valence-electron chi connectivity index (χ0n) is 30.0. The van der Waals surface area contributed by atoms with Gasteiger partial charge in [-0.3, -0.25) is 24.5 Å². The number of nitrogens with one attached hydrogen (secondary N) is 2. The highest BCUT2D eigenvalue weighted by atomic mass is 35.5. The molecule has 3 atom stereocenters. The van der Waals surface area contributed by atoms with Gasteiger partial charge in [-0.05, 0) is 54.4 Å². The smallest absolute Gasteiger partial charge is 0.280 e. The van der Waals surface area contributed by atoms with Crippen molar-refractivity contribution in [2.75, 3.05) is 24.4 Å². The summed E-state index contributed by atoms with van der Waals surface area (Å²) in [5.74, 6) is -0.821. The summed E-state index contributed by atoms with van der Waals surface area (Å²) in [6.45, 7) is 33.4. The van der Waals surface area contributed by atoms with Gasteiger partial charge in [0.25, 0.3) is 5.56 Å². The first kappa shape index (κ1) is 38.1. The Kier molecular flexibility index (Phi) is 10.6. The zero-order chi connectivity index (χ0) is 34.6. The highest BCUT2D eigenvalue weighted by Gasteiger charge is 2.59. The second-order valence-corrected chi connectivity index (χ2v) is 31.4. The van der Waals surface area contributed by atoms with E-state index in [4.69, 9.17) is 29.6 Å². The number of alkyl halides is 1. The minimum Gasteiger partial charge on any atom is -0.412 e. The van der Waals surface area contributed by atoms with Crippen molar-refractivity contribution < 1.29 is 22.8 Å². The fraction of sp³-hybridized carbons (Fsp3) is 0.800. The molecule has 0 spiro atoms. The van der Waals surface area contributed by atoms with Gasteiger partial charge >= 0.3 is 0 Å². The number of hydrogen-bond acceptors (Lipinski definition) is 8. The number of aromatic nitrogens is 4. The number of carbonyl (C=O) groups excluding carboxylic acids is 1. The number of anilines is 1. The van der Waals surface area contributed by atoms with E-state index in [0.29, 0.717) is 0 Å². The summed E-state index contributed by atoms with van der Waals surface area (Å²) in [6, 6.07) is 0. The van der Waals surface area contributed by atoms with Gasteiger partial charge < -0.3 is 18.0 Å². The van der Waals surface area contributed by atoms with Crippen LogP contribution in [0, 0.1) is 0 Å². The summed E-state index contributed by atoms with van der Waals surface area (Å²) in [5, 5.41) is 2.31. The van der Waals surface area contributed by atoms with Crippen LogP contribution in [-0.4, -0.2) is 81.7 Å². The van der Waals surface area contributed by atoms with Crippen LogP contribution in [0.2, 0.25) is 54.4 Å². The Hall–Kier alpha value is -1.40. The molecular weight excluding hydrogens is 646 g/mol. The summed E-state index contributed by atoms with van der Waals surface area (Å²) in [4.78, 5) is 37.0. The lowest BCUT2D eigenvalue weighted by Crippen LogP contribution is -2.59. The zero-order valence-corrected chi connectivity index (χ0v) is 33.8. The second kappa shape index (κ2) is 12.6. The number of halogens is 1. The molecule has 0 aromatic carbocycles. The maximum Gasteiger partial charge on any atom is 0.280 e. The molecule has 45 heavy (non-hydrogen) atoms. The molecule has 1 aliphatic rings. The van der Waals surface area contributed by atoms with Crippen molar-refractivity contribution in [2.45, 2.75) is 135 Å². The summed E-state index contributed by atoms with van der Waals surface area (Å²) in [5.41, 5.74) is -1.44. The van der Waals surface area contributed by atoms with Crippen molar-refractivity contribution in [1.82, 2.24) is 19.5 Å². The van der Waals surface area contributed by atoms with Crippen LogP contribution in [0.3, 0.4) is 0 Å². The van der Waals surface area contributed by atoms with E-state index < -0.39 is 54.4 Å². The van der Waals surface area contributed by atoms with Gasteiger partial charge in [0.1, 0.15) is 12.0 Å². The standard InChI is InChI=1S/C30H56ClN5O6Si3/c1-27(2,3)43(10,11)40-18-30(36-19-32-22-24(36)34-26(35-25(22)38)33-21(37)16-31)23(42-45(14,15)29(7,8)9)20(17-39-30)41-44(12,13)28(4,5)6/h19-20,23H,16-18H2,1-15H3,(H2,33,34,35,37,38). The number of fused-ring (bicyclic) bond motifs is 1. The van der Waals surface area contributed by atoms with Crippen LogP contribution in [-0.2, 0) is 28.5 Å². The summed E-state index contributed by atoms with van der Waals surface area (Å²) in [6.07, 6.45) is 0.528. The molecule has 1 amide bonds. The van der Waals surface area contributed by atoms with Crippen molar-refractivity contribution in [3.8, 4) is 0 Å². The summed E-state index contributed by atoms with van der Waals surface area (Å²) < 4.78 is 30.0. The fourth-order valence-corrected chi connectivity index (χ4v) is 8.01. The van der Waals surface area contributed by atoms with Crippen molar-refractivity contribution >= 4 is 59.6 Å². The fourth-order valence-electron chi connectivity index (χ4n) is 4.31. The molecule has 1 aliphatic heterocycles. The van der Waals surface area contributed by atoms with Crippen LogP contribution in [0.25, 0.3) is 11.2 Å². The maximum absolute atomic E-state index is 13.2. The number of imidazole rings is 1. The van der Waals surface area contributed by atoms with E-state index in [1.165, 1.54) is 0 Å². The topological polar surface area (TPSA) is 130 Å². The highest BCUT2D eigenvalue weighted by Crippen LogP contribution is 2.47. The van der Waals surface area contributed by atoms with Gasteiger partial charge in [0.15, 0.2) is 41.8 Å². The molecule has 1 saturated heterocycles. The van der Waals surface area contributed by atoms with Gasteiger partial charge in [0.05, 0.1) is 25.6 Å². The molecule has 0 radical (unpaired) electrons. The van der Waals surface area contributed by atoms with E-state index >= 15 is 0 Å². The molecule has 2 aromatic rings. The molecule has 0 bridgehead atoms. The minimum absolute atomic E-state index is 0.0331. The van der Waals surface area contributed by atoms with Gasteiger partial charge in [-0.15, -0.1) is 11.6 Å². The number of ether oxygens (including phenoxy) is 1. The quantitative estimate of drug-likeness (QED) is 0.205. The third-order valence-electron chi connectivity index (χ3n) is 10.4. The predicted molar refractivity (Wildman–Crippen MR) is 189 cm³/mol. The molecule has 0 aliphatic carbocycles. The van der Waals surface area contributed by atoms with Crippen molar-refractivity contribution in [3.05, 3.63) is 16.7 Å². The van der Waals surface area contributed by atoms with Crippen LogP contribution in [0.4, 0.5) is 5.95 Å². The van der Waals surface area contributed by atoms with E-state index in [0.717, 1.165) is 0 Å². The monoisotopic (exact) mass is 701 g/mol. The Morgan fingerprint density at radius 2 is 1.53 bits per heavy atom. The Morgan fingerprint density at radius 1 is 1.00 bits per heavy atom. The van der Waals surface area contributed by atoms with E-state index in [1.54, 1.807) is 10.9 Å². The van der Waals surface area contributed by atoms with E-state index in [-0.39, 0.29) is 51.3 Å². The number of H-pyrrole nitrogens is 1. The van der Waals surface area contributed by atoms with E-state index in [1.807, 2.05) is 0 Å². The molecule has 2 aromatic heterocycles. The highest BCUT2D eigenvalue weighted by molar-refractivity contribution is 6.75. The molecule has 256 valence electrons. The van der Waals surface area contributed by atoms with E-state index in [9.17, 15) is 9.59 Å². The Morgan fingerprint density at radius 3 is 2.04 bits per heavy atom. The minimum atomic E-state index is -2.44. The van der Waals surface area contributed by atoms with Crippen LogP contribution in [0.1, 0.15) is 62.3 Å². The number of hydrogen-bond donors (Lipinski definition) is 2. The molecular formula is C30H56ClN5O6Si3. The van der Waals surface area contributed by atoms with Gasteiger partial charge in [0.2, 0.25) is 11.9 Å². The average molecular weight is 703 g/mol. The molecule has 3 rings (SSSR count). The van der Waals surface area contributed by atoms with E-state index in [2.05, 4.69) is 122 Å². The lowest BCUT2D eigenvalue weighted by molar-refractivity contribution is -0.141. The third-order valence-corrected chi connectivity index (χ3v) is 24.1. The van der Waals surface area contributed by atoms with Crippen LogP contribution >= 0.6 is 11.6 Å². The number of carbonyl (C=O) groups is 1. The normalized spacial score (nSPS) is 22.3. The first-order valence-electron chi connectivity index (χ1n) is 15.7. The van der Waals surface area contributed by atoms with Gasteiger partial charge in [0, 0.05) is 0 Å². The lowest BCUT2D eigenvalue weighted by Gasteiger charge is -2.47. The third kappa shape index (κ3) is 7.68. The van der Waals surface area contributed by atoms with Crippen molar-refractivity contribution in [3.63, 3.8) is 0 Å². The molecule has 0 saturated carbocycles. The number of nitrogens with zero attached hydrogens (tertiary/aromatic N) is 3. The van der Waals surface area contributed by atoms with Gasteiger partial charge in [-0.1, -0.05) is 62.3 Å². The number of amides is 1. The lowest BCUT2D eigenvalue weighted by atomic mass is 10.1. The van der Waals surface area contributed by atoms with Crippen molar-refractivity contribution in [2.24, 2.45) is 0 Å². The van der Waals surface area contributed by atoms with Crippen LogP contribution in [0.5, 0.6) is 0 Å². The molecule has 2 N–H and O–H groups in total. The summed E-state index contributed by atoms with van der Waals surface area (Å²) >= 11 is 5.73. The average Bonchev–Trinajstić information content (AvgIpc) is 3.43. The molecule has 3 heterocycles. The SMILES string of the molecule is CC(C)(C)[Si](C)(C)OCC1(n2cnc3c(=O)[nH]c(NC(=O)CCl)nc32)OCC(O[Si](C)(C)C(C)(C)C)C1O[Si](C)(C)C(C)(C)C. The Bertz CT molecular complexity index is 1440. The van der Waals surface area contributed by atoms with Gasteiger partial charge in [-0.25, -0.2) is 4.98 Å². The molecule has 15 heteroatoms. The van der Waals surface area contributed by atoms with Gasteiger partial charge in [-0.2, -0.15) is 4.98 Å². The first-order chi connectivity index (χ1) is 20.2. The summed E-state index contributed by atoms with van der Waals surface area (Å²) in [7, 11) is -7.06. The Labute approximate surface area is 276 Å². The molecule has 1 fully saturated rings.